The first-order chi connectivity index (χ1) is 10.1. The molecule has 0 atom stereocenters. The van der Waals surface area contributed by atoms with Crippen LogP contribution in [0.15, 0.2) is 17.3 Å². The lowest BCUT2D eigenvalue weighted by molar-refractivity contribution is 0.340. The SMILES string of the molecule is CN=C(NCCN1CCCC1)N(C)Cc1cc(Cl)cn1C.I. The highest BCUT2D eigenvalue weighted by atomic mass is 127. The molecule has 1 saturated heterocycles. The topological polar surface area (TPSA) is 35.8 Å². The number of hydrogen-bond acceptors (Lipinski definition) is 2. The summed E-state index contributed by atoms with van der Waals surface area (Å²) in [6, 6.07) is 2.00. The van der Waals surface area contributed by atoms with E-state index in [0.717, 1.165) is 30.6 Å². The number of guanidine groups is 1. The number of aromatic nitrogens is 1. The fraction of sp³-hybridized carbons (Fsp3) is 0.667. The Morgan fingerprint density at radius 1 is 1.41 bits per heavy atom. The molecule has 1 aliphatic heterocycles. The van der Waals surface area contributed by atoms with Crippen molar-refractivity contribution in [1.29, 1.82) is 0 Å². The molecule has 2 heterocycles. The van der Waals surface area contributed by atoms with E-state index < -0.39 is 0 Å². The quantitative estimate of drug-likeness (QED) is 0.435. The van der Waals surface area contributed by atoms with Crippen LogP contribution in [0.3, 0.4) is 0 Å². The van der Waals surface area contributed by atoms with Crippen LogP contribution in [-0.4, -0.2) is 60.6 Å². The zero-order valence-corrected chi connectivity index (χ0v) is 16.8. The summed E-state index contributed by atoms with van der Waals surface area (Å²) in [5.74, 6) is 0.923. The Bertz CT molecular complexity index is 482. The molecule has 1 fully saturated rings. The van der Waals surface area contributed by atoms with Crippen molar-refractivity contribution in [3.63, 3.8) is 0 Å². The monoisotopic (exact) mass is 439 g/mol. The molecule has 2 rings (SSSR count). The van der Waals surface area contributed by atoms with Crippen molar-refractivity contribution >= 4 is 41.5 Å². The van der Waals surface area contributed by atoms with E-state index in [0.29, 0.717) is 0 Å². The van der Waals surface area contributed by atoms with Crippen molar-refractivity contribution in [3.8, 4) is 0 Å². The molecule has 0 bridgehead atoms. The standard InChI is InChI=1S/C15H26ClN5.HI/c1-17-15(18-6-9-21-7-4-5-8-21)20(3)12-14-10-13(16)11-19(14)2;/h10-11H,4-9,12H2,1-3H3,(H,17,18);1H. The summed E-state index contributed by atoms with van der Waals surface area (Å²) in [6.45, 7) is 5.27. The highest BCUT2D eigenvalue weighted by Gasteiger charge is 2.12. The van der Waals surface area contributed by atoms with Crippen LogP contribution < -0.4 is 5.32 Å². The van der Waals surface area contributed by atoms with E-state index in [-0.39, 0.29) is 24.0 Å². The van der Waals surface area contributed by atoms with E-state index in [2.05, 4.69) is 24.7 Å². The molecule has 0 aliphatic carbocycles. The molecular weight excluding hydrogens is 413 g/mol. The Morgan fingerprint density at radius 2 is 2.09 bits per heavy atom. The van der Waals surface area contributed by atoms with Crippen molar-refractivity contribution in [2.24, 2.45) is 12.0 Å². The average molecular weight is 440 g/mol. The van der Waals surface area contributed by atoms with E-state index in [1.165, 1.54) is 31.6 Å². The number of halogens is 2. The second-order valence-corrected chi connectivity index (χ2v) is 6.08. The Labute approximate surface area is 155 Å². The summed E-state index contributed by atoms with van der Waals surface area (Å²) in [6.07, 6.45) is 4.60. The fourth-order valence-electron chi connectivity index (χ4n) is 2.76. The molecule has 1 aliphatic rings. The zero-order chi connectivity index (χ0) is 15.2. The third-order valence-electron chi connectivity index (χ3n) is 3.96. The summed E-state index contributed by atoms with van der Waals surface area (Å²) in [4.78, 5) is 8.97. The number of rotatable bonds is 5. The molecule has 7 heteroatoms. The lowest BCUT2D eigenvalue weighted by atomic mass is 10.4. The predicted molar refractivity (Wildman–Crippen MR) is 104 cm³/mol. The molecule has 0 spiro atoms. The van der Waals surface area contributed by atoms with Crippen LogP contribution in [-0.2, 0) is 13.6 Å². The van der Waals surface area contributed by atoms with Gasteiger partial charge in [-0.05, 0) is 32.0 Å². The fourth-order valence-corrected chi connectivity index (χ4v) is 3.03. The Hall–Kier alpha value is -0.470. The molecule has 0 unspecified atom stereocenters. The van der Waals surface area contributed by atoms with Gasteiger partial charge in [0.25, 0.3) is 0 Å². The Balaban J connectivity index is 0.00000242. The number of nitrogens with one attached hydrogen (secondary N) is 1. The average Bonchev–Trinajstić information content (AvgIpc) is 3.05. The van der Waals surface area contributed by atoms with Gasteiger partial charge in [0.2, 0.25) is 0 Å². The van der Waals surface area contributed by atoms with Gasteiger partial charge < -0.3 is 19.7 Å². The van der Waals surface area contributed by atoms with Crippen LogP contribution in [0.4, 0.5) is 0 Å². The van der Waals surface area contributed by atoms with Gasteiger partial charge in [-0.15, -0.1) is 24.0 Å². The minimum absolute atomic E-state index is 0. The van der Waals surface area contributed by atoms with Crippen molar-refractivity contribution in [1.82, 2.24) is 19.7 Å². The molecule has 0 amide bonds. The maximum Gasteiger partial charge on any atom is 0.193 e. The Morgan fingerprint density at radius 3 is 2.64 bits per heavy atom. The first-order valence-corrected chi connectivity index (χ1v) is 7.93. The van der Waals surface area contributed by atoms with E-state index in [1.54, 1.807) is 0 Å². The van der Waals surface area contributed by atoms with Crippen LogP contribution in [0.2, 0.25) is 5.02 Å². The van der Waals surface area contributed by atoms with Crippen molar-refractivity contribution in [2.75, 3.05) is 40.3 Å². The first-order valence-electron chi connectivity index (χ1n) is 7.55. The first kappa shape index (κ1) is 19.6. The maximum absolute atomic E-state index is 6.03. The highest BCUT2D eigenvalue weighted by Crippen LogP contribution is 2.14. The predicted octanol–water partition coefficient (Wildman–Crippen LogP) is 2.40. The molecule has 1 aromatic heterocycles. The van der Waals surface area contributed by atoms with Crippen molar-refractivity contribution < 1.29 is 0 Å². The van der Waals surface area contributed by atoms with Crippen LogP contribution in [0.5, 0.6) is 0 Å². The van der Waals surface area contributed by atoms with Crippen molar-refractivity contribution in [2.45, 2.75) is 19.4 Å². The van der Waals surface area contributed by atoms with Gasteiger partial charge in [-0.2, -0.15) is 0 Å². The molecular formula is C15H27ClIN5. The second-order valence-electron chi connectivity index (χ2n) is 5.64. The molecule has 0 radical (unpaired) electrons. The van der Waals surface area contributed by atoms with Gasteiger partial charge in [0, 0.05) is 46.1 Å². The molecule has 126 valence electrons. The minimum Gasteiger partial charge on any atom is -0.355 e. The second kappa shape index (κ2) is 9.62. The summed E-state index contributed by atoms with van der Waals surface area (Å²) in [5, 5.41) is 4.21. The third kappa shape index (κ3) is 5.62. The maximum atomic E-state index is 6.03. The van der Waals surface area contributed by atoms with Crippen LogP contribution in [0, 0.1) is 0 Å². The van der Waals surface area contributed by atoms with Crippen LogP contribution >= 0.6 is 35.6 Å². The number of likely N-dealkylation sites (tertiary alicyclic amines) is 1. The minimum atomic E-state index is 0. The van der Waals surface area contributed by atoms with Crippen LogP contribution in [0.25, 0.3) is 0 Å². The number of nitrogens with zero attached hydrogens (tertiary/aromatic N) is 4. The normalized spacial score (nSPS) is 15.7. The smallest absolute Gasteiger partial charge is 0.193 e. The summed E-state index contributed by atoms with van der Waals surface area (Å²) < 4.78 is 2.05. The van der Waals surface area contributed by atoms with Gasteiger partial charge in [-0.3, -0.25) is 4.99 Å². The largest absolute Gasteiger partial charge is 0.355 e. The molecule has 5 nitrogen and oxygen atoms in total. The highest BCUT2D eigenvalue weighted by molar-refractivity contribution is 14.0. The van der Waals surface area contributed by atoms with Crippen molar-refractivity contribution in [3.05, 3.63) is 23.0 Å². The zero-order valence-electron chi connectivity index (χ0n) is 13.7. The van der Waals surface area contributed by atoms with Gasteiger partial charge >= 0.3 is 0 Å². The third-order valence-corrected chi connectivity index (χ3v) is 4.16. The van der Waals surface area contributed by atoms with Gasteiger partial charge in [0.1, 0.15) is 0 Å². The summed E-state index contributed by atoms with van der Waals surface area (Å²) in [7, 11) is 5.89. The van der Waals surface area contributed by atoms with Gasteiger partial charge in [0.05, 0.1) is 11.6 Å². The van der Waals surface area contributed by atoms with Gasteiger partial charge in [-0.25, -0.2) is 0 Å². The number of hydrogen-bond donors (Lipinski definition) is 1. The van der Waals surface area contributed by atoms with E-state index in [4.69, 9.17) is 11.6 Å². The number of aliphatic imine (C=N–C) groups is 1. The van der Waals surface area contributed by atoms with Gasteiger partial charge in [-0.1, -0.05) is 11.6 Å². The lowest BCUT2D eigenvalue weighted by Gasteiger charge is -2.23. The molecule has 0 aromatic carbocycles. The van der Waals surface area contributed by atoms with E-state index in [1.807, 2.05) is 33.4 Å². The Kier molecular flexibility index (Phi) is 8.56. The lowest BCUT2D eigenvalue weighted by Crippen LogP contribution is -2.42. The molecule has 22 heavy (non-hydrogen) atoms. The number of aryl methyl sites for hydroxylation is 1. The summed E-state index contributed by atoms with van der Waals surface area (Å²) in [5.41, 5.74) is 1.17. The molecule has 1 aromatic rings. The molecule has 1 N–H and O–H groups in total. The van der Waals surface area contributed by atoms with E-state index >= 15 is 0 Å². The molecule has 0 saturated carbocycles. The van der Waals surface area contributed by atoms with Gasteiger partial charge in [0.15, 0.2) is 5.96 Å². The summed E-state index contributed by atoms with van der Waals surface area (Å²) >= 11 is 6.03. The van der Waals surface area contributed by atoms with Crippen LogP contribution in [0.1, 0.15) is 18.5 Å². The van der Waals surface area contributed by atoms with E-state index in [9.17, 15) is 0 Å².